The summed E-state index contributed by atoms with van der Waals surface area (Å²) >= 11 is 0. The number of amides is 2. The molecule has 0 aromatic heterocycles. The van der Waals surface area contributed by atoms with Gasteiger partial charge in [0, 0.05) is 25.9 Å². The number of sulfone groups is 1. The van der Waals surface area contributed by atoms with E-state index in [1.165, 1.54) is 11.2 Å². The van der Waals surface area contributed by atoms with E-state index in [2.05, 4.69) is 5.32 Å². The minimum atomic E-state index is -3.13. The lowest BCUT2D eigenvalue weighted by Gasteiger charge is -2.27. The maximum absolute atomic E-state index is 11.4. The van der Waals surface area contributed by atoms with Crippen molar-refractivity contribution in [2.24, 2.45) is 0 Å². The Kier molecular flexibility index (Phi) is 2.76. The molecule has 1 rings (SSSR count). The van der Waals surface area contributed by atoms with E-state index in [4.69, 9.17) is 0 Å². The normalized spacial score (nSPS) is 18.5. The van der Waals surface area contributed by atoms with Gasteiger partial charge in [-0.25, -0.2) is 13.2 Å². The van der Waals surface area contributed by atoms with Gasteiger partial charge in [-0.1, -0.05) is 0 Å². The highest BCUT2D eigenvalue weighted by Gasteiger charge is 2.35. The maximum Gasteiger partial charge on any atom is 0.317 e. The van der Waals surface area contributed by atoms with Gasteiger partial charge in [-0.05, 0) is 13.8 Å². The first-order valence-electron chi connectivity index (χ1n) is 4.46. The average molecular weight is 220 g/mol. The highest BCUT2D eigenvalue weighted by Crippen LogP contribution is 2.17. The molecule has 1 N–H and O–H groups in total. The Bertz CT molecular complexity index is 334. The van der Waals surface area contributed by atoms with Gasteiger partial charge in [0.1, 0.15) is 0 Å². The monoisotopic (exact) mass is 220 g/mol. The highest BCUT2D eigenvalue weighted by molar-refractivity contribution is 7.92. The zero-order chi connectivity index (χ0) is 11.0. The summed E-state index contributed by atoms with van der Waals surface area (Å²) in [5, 5.41) is 2.64. The fourth-order valence-electron chi connectivity index (χ4n) is 1.24. The lowest BCUT2D eigenvalue weighted by atomic mass is 10.2. The summed E-state index contributed by atoms with van der Waals surface area (Å²) < 4.78 is 21.9. The predicted octanol–water partition coefficient (Wildman–Crippen LogP) is -0.165. The van der Waals surface area contributed by atoms with Crippen LogP contribution in [0, 0.1) is 0 Å². The van der Waals surface area contributed by atoms with Crippen LogP contribution < -0.4 is 5.32 Å². The molecule has 0 aliphatic carbocycles. The van der Waals surface area contributed by atoms with Crippen LogP contribution in [0.15, 0.2) is 0 Å². The second kappa shape index (κ2) is 3.42. The maximum atomic E-state index is 11.4. The molecule has 14 heavy (non-hydrogen) atoms. The van der Waals surface area contributed by atoms with Crippen LogP contribution in [0.3, 0.4) is 0 Å². The quantitative estimate of drug-likeness (QED) is 0.718. The molecule has 2 amide bonds. The van der Waals surface area contributed by atoms with Gasteiger partial charge in [-0.2, -0.15) is 0 Å². The molecule has 0 bridgehead atoms. The summed E-state index contributed by atoms with van der Waals surface area (Å²) in [4.78, 5) is 12.7. The second-order valence-electron chi connectivity index (χ2n) is 4.19. The van der Waals surface area contributed by atoms with Crippen molar-refractivity contribution in [3.8, 4) is 0 Å². The average Bonchev–Trinajstić information content (AvgIpc) is 2.33. The van der Waals surface area contributed by atoms with E-state index in [0.717, 1.165) is 0 Å². The minimum Gasteiger partial charge on any atom is -0.336 e. The van der Waals surface area contributed by atoms with Crippen LogP contribution in [-0.4, -0.2) is 50.0 Å². The summed E-state index contributed by atoms with van der Waals surface area (Å²) in [6.45, 7) is 4.69. The number of urea groups is 1. The molecule has 1 heterocycles. The first-order chi connectivity index (χ1) is 6.24. The molecule has 82 valence electrons. The largest absolute Gasteiger partial charge is 0.336 e. The Morgan fingerprint density at radius 2 is 2.07 bits per heavy atom. The number of hydrogen-bond donors (Lipinski definition) is 1. The van der Waals surface area contributed by atoms with Crippen molar-refractivity contribution in [1.82, 2.24) is 10.2 Å². The topological polar surface area (TPSA) is 66.5 Å². The lowest BCUT2D eigenvalue weighted by molar-refractivity contribution is 0.213. The van der Waals surface area contributed by atoms with Gasteiger partial charge in [0.15, 0.2) is 9.84 Å². The summed E-state index contributed by atoms with van der Waals surface area (Å²) in [6.07, 6.45) is 1.20. The second-order valence-corrected chi connectivity index (χ2v) is 6.83. The third-order valence-corrected chi connectivity index (χ3v) is 4.66. The number of nitrogens with zero attached hydrogens (tertiary/aromatic N) is 1. The number of hydrogen-bond acceptors (Lipinski definition) is 3. The number of rotatable bonds is 3. The molecule has 1 aliphatic heterocycles. The van der Waals surface area contributed by atoms with E-state index in [9.17, 15) is 13.2 Å². The Morgan fingerprint density at radius 1 is 1.50 bits per heavy atom. The number of nitrogens with one attached hydrogen (secondary N) is 1. The third-order valence-electron chi connectivity index (χ3n) is 2.52. The van der Waals surface area contributed by atoms with Crippen LogP contribution in [0.5, 0.6) is 0 Å². The fraction of sp³-hybridized carbons (Fsp3) is 0.875. The van der Waals surface area contributed by atoms with E-state index in [1.807, 2.05) is 0 Å². The fourth-order valence-corrected chi connectivity index (χ4v) is 1.63. The summed E-state index contributed by atoms with van der Waals surface area (Å²) in [7, 11) is -3.13. The third kappa shape index (κ3) is 2.17. The Balaban J connectivity index is 2.73. The molecule has 6 heteroatoms. The van der Waals surface area contributed by atoms with Gasteiger partial charge in [0.25, 0.3) is 0 Å². The van der Waals surface area contributed by atoms with Crippen LogP contribution in [0.1, 0.15) is 13.8 Å². The Hall–Kier alpha value is -0.780. The van der Waals surface area contributed by atoms with Crippen molar-refractivity contribution in [3.63, 3.8) is 0 Å². The number of carbonyl (C=O) groups excluding carboxylic acids is 1. The zero-order valence-corrected chi connectivity index (χ0v) is 9.52. The molecule has 0 unspecified atom stereocenters. The smallest absolute Gasteiger partial charge is 0.317 e. The molecule has 0 aromatic carbocycles. The van der Waals surface area contributed by atoms with Gasteiger partial charge >= 0.3 is 6.03 Å². The SMILES string of the molecule is CC(C)(CN1CCNC1=O)S(C)(=O)=O. The molecule has 0 spiro atoms. The van der Waals surface area contributed by atoms with Gasteiger partial charge in [0.2, 0.25) is 0 Å². The van der Waals surface area contributed by atoms with Crippen molar-refractivity contribution >= 4 is 15.9 Å². The van der Waals surface area contributed by atoms with Gasteiger partial charge in [-0.3, -0.25) is 0 Å². The molecule has 0 aromatic rings. The van der Waals surface area contributed by atoms with E-state index in [1.54, 1.807) is 13.8 Å². The lowest BCUT2D eigenvalue weighted by Crippen LogP contribution is -2.45. The zero-order valence-electron chi connectivity index (χ0n) is 8.70. The van der Waals surface area contributed by atoms with Crippen LogP contribution in [0.4, 0.5) is 4.79 Å². The van der Waals surface area contributed by atoms with Gasteiger partial charge in [-0.15, -0.1) is 0 Å². The molecule has 1 aliphatic rings. The van der Waals surface area contributed by atoms with Crippen molar-refractivity contribution in [3.05, 3.63) is 0 Å². The summed E-state index contributed by atoms with van der Waals surface area (Å²) in [5.74, 6) is 0. The standard InChI is InChI=1S/C8H16N2O3S/c1-8(2,14(3,12)13)6-10-5-4-9-7(10)11/h4-6H2,1-3H3,(H,9,11). The van der Waals surface area contributed by atoms with Crippen LogP contribution >= 0.6 is 0 Å². The first kappa shape index (κ1) is 11.3. The van der Waals surface area contributed by atoms with E-state index >= 15 is 0 Å². The minimum absolute atomic E-state index is 0.179. The molecule has 5 nitrogen and oxygen atoms in total. The summed E-state index contributed by atoms with van der Waals surface area (Å²) in [6, 6.07) is -0.179. The van der Waals surface area contributed by atoms with E-state index < -0.39 is 14.6 Å². The molecular formula is C8H16N2O3S. The van der Waals surface area contributed by atoms with E-state index in [-0.39, 0.29) is 12.6 Å². The predicted molar refractivity (Wildman–Crippen MR) is 53.9 cm³/mol. The van der Waals surface area contributed by atoms with Crippen LogP contribution in [0.25, 0.3) is 0 Å². The number of carbonyl (C=O) groups is 1. The molecule has 0 atom stereocenters. The molecule has 1 fully saturated rings. The first-order valence-corrected chi connectivity index (χ1v) is 6.35. The van der Waals surface area contributed by atoms with Crippen molar-refractivity contribution in [2.45, 2.75) is 18.6 Å². The molecule has 0 saturated carbocycles. The molecule has 0 radical (unpaired) electrons. The Morgan fingerprint density at radius 3 is 2.43 bits per heavy atom. The Labute approximate surface area is 84.4 Å². The van der Waals surface area contributed by atoms with Gasteiger partial charge < -0.3 is 10.2 Å². The van der Waals surface area contributed by atoms with Crippen molar-refractivity contribution < 1.29 is 13.2 Å². The highest BCUT2D eigenvalue weighted by atomic mass is 32.2. The van der Waals surface area contributed by atoms with E-state index in [0.29, 0.717) is 13.1 Å². The van der Waals surface area contributed by atoms with Crippen LogP contribution in [0.2, 0.25) is 0 Å². The summed E-state index contributed by atoms with van der Waals surface area (Å²) in [5.41, 5.74) is 0. The van der Waals surface area contributed by atoms with Crippen LogP contribution in [-0.2, 0) is 9.84 Å². The van der Waals surface area contributed by atoms with Crippen molar-refractivity contribution in [2.75, 3.05) is 25.9 Å². The van der Waals surface area contributed by atoms with Gasteiger partial charge in [0.05, 0.1) is 4.75 Å². The molecule has 1 saturated heterocycles. The van der Waals surface area contributed by atoms with Crippen molar-refractivity contribution in [1.29, 1.82) is 0 Å². The molecular weight excluding hydrogens is 204 g/mol.